The van der Waals surface area contributed by atoms with E-state index in [1.54, 1.807) is 0 Å². The maximum Gasteiger partial charge on any atom is 0.135 e. The molecule has 0 bridgehead atoms. The van der Waals surface area contributed by atoms with Crippen molar-refractivity contribution in [2.45, 2.75) is 0 Å². The minimum atomic E-state index is 0.917. The van der Waals surface area contributed by atoms with Crippen molar-refractivity contribution in [3.8, 4) is 100 Å². The molecular formula is C138H84OS2. The molecule has 0 aliphatic rings. The zero-order chi connectivity index (χ0) is 92.7. The lowest BCUT2D eigenvalue weighted by Gasteiger charge is -2.19. The fourth-order valence-electron chi connectivity index (χ4n) is 23.3. The van der Waals surface area contributed by atoms with E-state index in [9.17, 15) is 0 Å². The summed E-state index contributed by atoms with van der Waals surface area (Å²) in [5, 5.41) is 38.3. The summed E-state index contributed by atoms with van der Waals surface area (Å²) in [6.45, 7) is 0. The molecule has 654 valence electrons. The van der Waals surface area contributed by atoms with E-state index in [4.69, 9.17) is 4.42 Å². The molecule has 3 aromatic heterocycles. The first-order chi connectivity index (χ1) is 70.0. The monoisotopic (exact) mass is 1820 g/mol. The van der Waals surface area contributed by atoms with Crippen molar-refractivity contribution < 1.29 is 4.42 Å². The Kier molecular flexibility index (Phi) is 19.5. The Balaban J connectivity index is 0.000000104. The Bertz CT molecular complexity index is 9850. The van der Waals surface area contributed by atoms with Crippen LogP contribution >= 0.6 is 22.7 Å². The molecule has 0 fully saturated rings. The first-order valence-electron chi connectivity index (χ1n) is 48.6. The quantitative estimate of drug-likeness (QED) is 0.104. The highest BCUT2D eigenvalue weighted by molar-refractivity contribution is 7.26. The van der Waals surface area contributed by atoms with Crippen LogP contribution in [0.3, 0.4) is 0 Å². The van der Waals surface area contributed by atoms with Gasteiger partial charge in [0.2, 0.25) is 0 Å². The van der Waals surface area contributed by atoms with Crippen molar-refractivity contribution in [1.82, 2.24) is 0 Å². The second-order valence-electron chi connectivity index (χ2n) is 37.2. The maximum absolute atomic E-state index is 6.13. The molecule has 0 saturated heterocycles. The Labute approximate surface area is 821 Å². The minimum absolute atomic E-state index is 0.917. The zero-order valence-corrected chi connectivity index (χ0v) is 78.4. The molecule has 0 unspecified atom stereocenters. The van der Waals surface area contributed by atoms with E-state index in [0.717, 1.165) is 21.9 Å². The van der Waals surface area contributed by atoms with Crippen LogP contribution in [0.4, 0.5) is 0 Å². The van der Waals surface area contributed by atoms with Gasteiger partial charge < -0.3 is 4.42 Å². The first kappa shape index (κ1) is 81.6. The second-order valence-corrected chi connectivity index (χ2v) is 39.4. The van der Waals surface area contributed by atoms with Crippen LogP contribution in [0.1, 0.15) is 0 Å². The molecule has 1 nitrogen and oxygen atoms in total. The first-order valence-corrected chi connectivity index (χ1v) is 50.2. The van der Waals surface area contributed by atoms with Gasteiger partial charge >= 0.3 is 0 Å². The average molecular weight is 1820 g/mol. The zero-order valence-electron chi connectivity index (χ0n) is 76.7. The molecule has 0 aliphatic carbocycles. The van der Waals surface area contributed by atoms with Gasteiger partial charge in [-0.3, -0.25) is 0 Å². The number of fused-ring (bicyclic) bond motifs is 24. The SMILES string of the molecule is c1cc(-c2ccc3oc4ccccc4c3c2)cc(-c2c3ccccc3c(-c3cccc4ccc5ccccc5c34)c3ccccc23)c1.c1cc(-c2ccc3sc4ccccc4c3c2)cc(-c2c3ccccc3c(-c3cccc4ccc5ccccc5c34)c3ccccc23)c1.c1ccc2c(c1)ccc1cccc(-c3c4ccccc4c(-c4ccc(-c5cccc6c5sc5ccccc56)cc4)c4ccccc34)c12. The lowest BCUT2D eigenvalue weighted by Crippen LogP contribution is -1.92. The average Bonchev–Trinajstić information content (AvgIpc) is 1.70. The van der Waals surface area contributed by atoms with Crippen molar-refractivity contribution in [2.24, 2.45) is 0 Å². The number of thiophene rings is 2. The van der Waals surface area contributed by atoms with Gasteiger partial charge in [-0.15, -0.1) is 22.7 Å². The summed E-state index contributed by atoms with van der Waals surface area (Å²) in [6, 6.07) is 187. The van der Waals surface area contributed by atoms with Crippen LogP contribution in [0.5, 0.6) is 0 Å². The van der Waals surface area contributed by atoms with Gasteiger partial charge in [0.15, 0.2) is 0 Å². The molecule has 0 aliphatic heterocycles. The summed E-state index contributed by atoms with van der Waals surface area (Å²) in [5.74, 6) is 0. The van der Waals surface area contributed by atoms with Crippen molar-refractivity contribution >= 4 is 214 Å². The summed E-state index contributed by atoms with van der Waals surface area (Å²) in [5.41, 5.74) is 24.5. The molecule has 0 atom stereocenters. The molecule has 3 heteroatoms. The molecule has 141 heavy (non-hydrogen) atoms. The van der Waals surface area contributed by atoms with Crippen molar-refractivity contribution in [3.05, 3.63) is 510 Å². The van der Waals surface area contributed by atoms with Gasteiger partial charge in [0, 0.05) is 51.1 Å². The molecule has 30 rings (SSSR count). The molecule has 0 N–H and O–H groups in total. The van der Waals surface area contributed by atoms with Crippen molar-refractivity contribution in [1.29, 1.82) is 0 Å². The summed E-state index contributed by atoms with van der Waals surface area (Å²) in [6.07, 6.45) is 0. The van der Waals surface area contributed by atoms with Crippen molar-refractivity contribution in [2.75, 3.05) is 0 Å². The number of benzene rings is 27. The Morgan fingerprint density at radius 3 is 0.837 bits per heavy atom. The van der Waals surface area contributed by atoms with Crippen LogP contribution in [0.15, 0.2) is 514 Å². The highest BCUT2D eigenvalue weighted by atomic mass is 32.1. The predicted molar refractivity (Wildman–Crippen MR) is 611 cm³/mol. The van der Waals surface area contributed by atoms with E-state index in [2.05, 4.69) is 497 Å². The minimum Gasteiger partial charge on any atom is -0.456 e. The third kappa shape index (κ3) is 13.6. The fourth-order valence-corrected chi connectivity index (χ4v) is 25.6. The molecular weight excluding hydrogens is 1740 g/mol. The molecule has 3 heterocycles. The summed E-state index contributed by atoms with van der Waals surface area (Å²) < 4.78 is 11.5. The van der Waals surface area contributed by atoms with Gasteiger partial charge in [0.05, 0.1) is 0 Å². The van der Waals surface area contributed by atoms with Crippen LogP contribution in [0.25, 0.3) is 292 Å². The van der Waals surface area contributed by atoms with Gasteiger partial charge in [-0.25, -0.2) is 0 Å². The van der Waals surface area contributed by atoms with Gasteiger partial charge in [0.1, 0.15) is 11.2 Å². The van der Waals surface area contributed by atoms with Gasteiger partial charge in [-0.05, 0) is 284 Å². The molecule has 0 spiro atoms. The Hall–Kier alpha value is -17.7. The predicted octanol–water partition coefficient (Wildman–Crippen LogP) is 40.5. The lowest BCUT2D eigenvalue weighted by molar-refractivity contribution is 0.669. The normalized spacial score (nSPS) is 11.8. The fraction of sp³-hybridized carbons (Fsp3) is 0. The van der Waals surface area contributed by atoms with Crippen molar-refractivity contribution in [3.63, 3.8) is 0 Å². The van der Waals surface area contributed by atoms with Gasteiger partial charge in [-0.1, -0.05) is 455 Å². The Morgan fingerprint density at radius 1 is 0.128 bits per heavy atom. The molecule has 0 saturated carbocycles. The van der Waals surface area contributed by atoms with E-state index >= 15 is 0 Å². The highest BCUT2D eigenvalue weighted by Gasteiger charge is 2.26. The lowest BCUT2D eigenvalue weighted by atomic mass is 9.83. The number of hydrogen-bond acceptors (Lipinski definition) is 3. The van der Waals surface area contributed by atoms with E-state index in [0.29, 0.717) is 0 Å². The number of hydrogen-bond donors (Lipinski definition) is 0. The van der Waals surface area contributed by atoms with Gasteiger partial charge in [0.25, 0.3) is 0 Å². The largest absolute Gasteiger partial charge is 0.456 e. The number of para-hydroxylation sites is 1. The topological polar surface area (TPSA) is 13.1 Å². The summed E-state index contributed by atoms with van der Waals surface area (Å²) in [4.78, 5) is 0. The van der Waals surface area contributed by atoms with Gasteiger partial charge in [-0.2, -0.15) is 0 Å². The molecule has 27 aromatic carbocycles. The molecule has 0 radical (unpaired) electrons. The van der Waals surface area contributed by atoms with E-state index in [1.807, 2.05) is 34.8 Å². The molecule has 30 aromatic rings. The number of furan rings is 1. The third-order valence-electron chi connectivity index (χ3n) is 29.5. The Morgan fingerprint density at radius 2 is 0.397 bits per heavy atom. The van der Waals surface area contributed by atoms with E-state index < -0.39 is 0 Å². The van der Waals surface area contributed by atoms with E-state index in [-0.39, 0.29) is 0 Å². The van der Waals surface area contributed by atoms with Crippen LogP contribution in [-0.2, 0) is 0 Å². The van der Waals surface area contributed by atoms with Crippen LogP contribution in [0, 0.1) is 0 Å². The molecule has 0 amide bonds. The highest BCUT2D eigenvalue weighted by Crippen LogP contribution is 2.53. The summed E-state index contributed by atoms with van der Waals surface area (Å²) >= 11 is 3.76. The van der Waals surface area contributed by atoms with E-state index in [1.165, 1.54) is 270 Å². The van der Waals surface area contributed by atoms with Crippen LogP contribution in [0.2, 0.25) is 0 Å². The summed E-state index contributed by atoms with van der Waals surface area (Å²) in [7, 11) is 0. The number of rotatable bonds is 9. The van der Waals surface area contributed by atoms with Crippen LogP contribution in [-0.4, -0.2) is 0 Å². The standard InChI is InChI=1S/C46H28O.2C46H28S/c2*1-2-15-34-29(11-1)23-24-30-12-10-21-40(44(30)34)46-38-19-5-3-17-36(38)45(37-18-4-6-20-39(37)46)33-14-9-13-31(27-33)32-25-26-43-41(28-32)35-16-7-8-22-42(35)47-43;1-2-13-33-29(11-1)23-26-31-12-9-21-41(43(31)33)45-38-17-5-3-15-36(38)44(37-16-4-6-18-39(37)45)32-27-24-30(25-28-32)34-19-10-20-40-35-14-7-8-22-42(35)47-46(34)40/h3*1-28H. The maximum atomic E-state index is 6.13. The smallest absolute Gasteiger partial charge is 0.135 e. The second kappa shape index (κ2) is 33.6. The van der Waals surface area contributed by atoms with Crippen LogP contribution < -0.4 is 0 Å². The third-order valence-corrected chi connectivity index (χ3v) is 31.9.